The molecule has 0 unspecified atom stereocenters. The average molecular weight is 281 g/mol. The lowest BCUT2D eigenvalue weighted by atomic mass is 10.1. The molecule has 1 amide bonds. The molecule has 20 heavy (non-hydrogen) atoms. The van der Waals surface area contributed by atoms with Crippen molar-refractivity contribution in [1.82, 2.24) is 5.32 Å². The number of amides is 1. The summed E-state index contributed by atoms with van der Waals surface area (Å²) in [4.78, 5) is 13.0. The third kappa shape index (κ3) is 4.81. The van der Waals surface area contributed by atoms with Crippen LogP contribution in [0.3, 0.4) is 0 Å². The first-order valence-electron chi connectivity index (χ1n) is 7.11. The summed E-state index contributed by atoms with van der Waals surface area (Å²) in [5.74, 6) is -0.753. The van der Waals surface area contributed by atoms with E-state index < -0.39 is 5.91 Å². The maximum Gasteiger partial charge on any atom is 0.236 e. The molecule has 0 aliphatic carbocycles. The van der Waals surface area contributed by atoms with Crippen LogP contribution in [0, 0.1) is 5.82 Å². The van der Waals surface area contributed by atoms with Gasteiger partial charge in [-0.1, -0.05) is 32.4 Å². The predicted octanol–water partition coefficient (Wildman–Crippen LogP) is 2.03. The smallest absolute Gasteiger partial charge is 0.236 e. The fourth-order valence-electron chi connectivity index (χ4n) is 2.12. The van der Waals surface area contributed by atoms with Gasteiger partial charge in [-0.2, -0.15) is 0 Å². The largest absolute Gasteiger partial charge is 0.368 e. The van der Waals surface area contributed by atoms with Crippen molar-refractivity contribution in [3.8, 4) is 0 Å². The zero-order valence-corrected chi connectivity index (χ0v) is 12.3. The van der Waals surface area contributed by atoms with Gasteiger partial charge in [0, 0.05) is 13.1 Å². The van der Waals surface area contributed by atoms with Gasteiger partial charge in [-0.25, -0.2) is 4.39 Å². The Morgan fingerprint density at radius 1 is 1.40 bits per heavy atom. The van der Waals surface area contributed by atoms with E-state index in [1.54, 1.807) is 11.0 Å². The number of carbonyl (C=O) groups is 1. The highest BCUT2D eigenvalue weighted by Gasteiger charge is 2.17. The molecule has 3 N–H and O–H groups in total. The number of hydrogen-bond acceptors (Lipinski definition) is 3. The van der Waals surface area contributed by atoms with Gasteiger partial charge < -0.3 is 16.0 Å². The number of hydrogen-bond donors (Lipinski definition) is 2. The Hall–Kier alpha value is -1.62. The van der Waals surface area contributed by atoms with Gasteiger partial charge in [-0.05, 0) is 24.6 Å². The molecular weight excluding hydrogens is 257 g/mol. The standard InChI is InChI=1S/C15H24FN3O/c1-3-5-9-19(11-14(17)20)15-12(10-18-4-2)7-6-8-13(15)16/h6-8,18H,3-5,9-11H2,1-2H3,(H2,17,20). The minimum absolute atomic E-state index is 0.0417. The van der Waals surface area contributed by atoms with Crippen molar-refractivity contribution in [2.45, 2.75) is 33.2 Å². The average Bonchev–Trinajstić information content (AvgIpc) is 2.41. The quantitative estimate of drug-likeness (QED) is 0.728. The van der Waals surface area contributed by atoms with Crippen molar-refractivity contribution in [2.24, 2.45) is 5.73 Å². The van der Waals surface area contributed by atoms with Crippen molar-refractivity contribution >= 4 is 11.6 Å². The Morgan fingerprint density at radius 2 is 2.15 bits per heavy atom. The number of nitrogens with one attached hydrogen (secondary N) is 1. The lowest BCUT2D eigenvalue weighted by Crippen LogP contribution is -2.36. The van der Waals surface area contributed by atoms with Crippen LogP contribution in [0.2, 0.25) is 0 Å². The minimum atomic E-state index is -0.446. The first-order chi connectivity index (χ1) is 9.60. The number of carbonyl (C=O) groups excluding carboxylic acids is 1. The molecule has 0 saturated carbocycles. The summed E-state index contributed by atoms with van der Waals surface area (Å²) in [5.41, 5.74) is 6.62. The molecule has 0 heterocycles. The topological polar surface area (TPSA) is 58.4 Å². The summed E-state index contributed by atoms with van der Waals surface area (Å²) in [6.45, 7) is 6.10. The van der Waals surface area contributed by atoms with Crippen LogP contribution >= 0.6 is 0 Å². The monoisotopic (exact) mass is 281 g/mol. The van der Waals surface area contributed by atoms with Crippen molar-refractivity contribution in [1.29, 1.82) is 0 Å². The molecule has 0 spiro atoms. The lowest BCUT2D eigenvalue weighted by molar-refractivity contribution is -0.116. The SMILES string of the molecule is CCCCN(CC(N)=O)c1c(F)cccc1CNCC. The zero-order chi connectivity index (χ0) is 15.0. The zero-order valence-electron chi connectivity index (χ0n) is 12.3. The van der Waals surface area contributed by atoms with Crippen LogP contribution in [-0.4, -0.2) is 25.5 Å². The van der Waals surface area contributed by atoms with Crippen LogP contribution in [0.4, 0.5) is 10.1 Å². The van der Waals surface area contributed by atoms with E-state index in [0.29, 0.717) is 18.8 Å². The molecule has 5 heteroatoms. The maximum atomic E-state index is 14.2. The van der Waals surface area contributed by atoms with Crippen LogP contribution in [0.25, 0.3) is 0 Å². The van der Waals surface area contributed by atoms with Gasteiger partial charge in [-0.3, -0.25) is 4.79 Å². The minimum Gasteiger partial charge on any atom is -0.368 e. The van der Waals surface area contributed by atoms with E-state index in [-0.39, 0.29) is 12.4 Å². The summed E-state index contributed by atoms with van der Waals surface area (Å²) in [6.07, 6.45) is 1.87. The molecule has 0 saturated heterocycles. The van der Waals surface area contributed by atoms with E-state index >= 15 is 0 Å². The molecule has 4 nitrogen and oxygen atoms in total. The van der Waals surface area contributed by atoms with Crippen LogP contribution in [0.1, 0.15) is 32.3 Å². The van der Waals surface area contributed by atoms with Crippen molar-refractivity contribution in [3.05, 3.63) is 29.6 Å². The van der Waals surface area contributed by atoms with E-state index in [2.05, 4.69) is 12.2 Å². The lowest BCUT2D eigenvalue weighted by Gasteiger charge is -2.26. The Balaban J connectivity index is 3.05. The maximum absolute atomic E-state index is 14.2. The second-order valence-electron chi connectivity index (χ2n) is 4.77. The molecule has 0 bridgehead atoms. The summed E-state index contributed by atoms with van der Waals surface area (Å²) in [7, 11) is 0. The van der Waals surface area contributed by atoms with Gasteiger partial charge >= 0.3 is 0 Å². The Kier molecular flexibility index (Phi) is 7.01. The van der Waals surface area contributed by atoms with Crippen molar-refractivity contribution < 1.29 is 9.18 Å². The highest BCUT2D eigenvalue weighted by atomic mass is 19.1. The summed E-state index contributed by atoms with van der Waals surface area (Å²) in [6, 6.07) is 4.99. The van der Waals surface area contributed by atoms with Crippen LogP contribution < -0.4 is 16.0 Å². The molecule has 0 aliphatic heterocycles. The molecule has 0 aromatic heterocycles. The highest BCUT2D eigenvalue weighted by Crippen LogP contribution is 2.25. The normalized spacial score (nSPS) is 10.6. The number of halogens is 1. The van der Waals surface area contributed by atoms with Gasteiger partial charge in [0.25, 0.3) is 0 Å². The first kappa shape index (κ1) is 16.4. The third-order valence-electron chi connectivity index (χ3n) is 3.08. The van der Waals surface area contributed by atoms with E-state index in [9.17, 15) is 9.18 Å². The Morgan fingerprint density at radius 3 is 2.75 bits per heavy atom. The summed E-state index contributed by atoms with van der Waals surface area (Å²) in [5, 5.41) is 3.19. The molecule has 1 rings (SSSR count). The fourth-order valence-corrected chi connectivity index (χ4v) is 2.12. The van der Waals surface area contributed by atoms with Crippen molar-refractivity contribution in [2.75, 3.05) is 24.5 Å². The summed E-state index contributed by atoms with van der Waals surface area (Å²) >= 11 is 0. The number of rotatable bonds is 9. The van der Waals surface area contributed by atoms with E-state index in [1.165, 1.54) is 6.07 Å². The molecule has 0 atom stereocenters. The summed E-state index contributed by atoms with van der Waals surface area (Å²) < 4.78 is 14.2. The second-order valence-corrected chi connectivity index (χ2v) is 4.77. The van der Waals surface area contributed by atoms with E-state index in [1.807, 2.05) is 13.0 Å². The molecule has 0 fully saturated rings. The number of nitrogens with two attached hydrogens (primary N) is 1. The van der Waals surface area contributed by atoms with Crippen molar-refractivity contribution in [3.63, 3.8) is 0 Å². The molecule has 0 aliphatic rings. The van der Waals surface area contributed by atoms with Crippen LogP contribution in [-0.2, 0) is 11.3 Å². The van der Waals surface area contributed by atoms with Gasteiger partial charge in [0.2, 0.25) is 5.91 Å². The highest BCUT2D eigenvalue weighted by molar-refractivity contribution is 5.80. The first-order valence-corrected chi connectivity index (χ1v) is 7.11. The number of unbranched alkanes of at least 4 members (excludes halogenated alkanes) is 1. The molecular formula is C15H24FN3O. The Labute approximate surface area is 120 Å². The number of anilines is 1. The van der Waals surface area contributed by atoms with Gasteiger partial charge in [0.15, 0.2) is 0 Å². The van der Waals surface area contributed by atoms with Crippen LogP contribution in [0.15, 0.2) is 18.2 Å². The van der Waals surface area contributed by atoms with Gasteiger partial charge in [0.05, 0.1) is 12.2 Å². The molecule has 112 valence electrons. The van der Waals surface area contributed by atoms with Crippen LogP contribution in [0.5, 0.6) is 0 Å². The second kappa shape index (κ2) is 8.53. The number of benzene rings is 1. The molecule has 0 radical (unpaired) electrons. The van der Waals surface area contributed by atoms with Gasteiger partial charge in [-0.15, -0.1) is 0 Å². The van der Waals surface area contributed by atoms with E-state index in [0.717, 1.165) is 24.9 Å². The Bertz CT molecular complexity index is 437. The fraction of sp³-hybridized carbons (Fsp3) is 0.533. The van der Waals surface area contributed by atoms with E-state index in [4.69, 9.17) is 5.73 Å². The number of primary amides is 1. The number of nitrogens with zero attached hydrogens (tertiary/aromatic N) is 1. The number of para-hydroxylation sites is 1. The molecule has 1 aromatic carbocycles. The molecule has 1 aromatic rings. The predicted molar refractivity (Wildman–Crippen MR) is 80.1 cm³/mol. The third-order valence-corrected chi connectivity index (χ3v) is 3.08. The van der Waals surface area contributed by atoms with Gasteiger partial charge in [0.1, 0.15) is 5.82 Å².